The summed E-state index contributed by atoms with van der Waals surface area (Å²) in [4.78, 5) is 23.4. The molecule has 138 valence electrons. The van der Waals surface area contributed by atoms with E-state index in [-0.39, 0.29) is 17.0 Å². The predicted octanol–water partition coefficient (Wildman–Crippen LogP) is 3.91. The van der Waals surface area contributed by atoms with Gasteiger partial charge in [0.2, 0.25) is 11.8 Å². The minimum absolute atomic E-state index is 0.0591. The molecule has 4 N–H and O–H groups in total. The number of benzene rings is 2. The fourth-order valence-electron chi connectivity index (χ4n) is 2.38. The van der Waals surface area contributed by atoms with Gasteiger partial charge in [0.1, 0.15) is 5.82 Å². The van der Waals surface area contributed by atoms with Crippen molar-refractivity contribution >= 4 is 40.7 Å². The number of hydrogen-bond acceptors (Lipinski definition) is 3. The van der Waals surface area contributed by atoms with Crippen molar-refractivity contribution in [2.45, 2.75) is 25.9 Å². The second-order valence-corrected chi connectivity index (χ2v) is 6.64. The first-order valence-corrected chi connectivity index (χ1v) is 8.56. The molecule has 2 aromatic rings. The Morgan fingerprint density at radius 3 is 2.27 bits per heavy atom. The summed E-state index contributed by atoms with van der Waals surface area (Å²) in [5.74, 6) is -1.42. The number of carbonyl (C=O) groups is 2. The van der Waals surface area contributed by atoms with Gasteiger partial charge >= 0.3 is 0 Å². The molecule has 8 heteroatoms. The van der Waals surface area contributed by atoms with Crippen LogP contribution in [0.15, 0.2) is 36.4 Å². The fraction of sp³-hybridized carbons (Fsp3) is 0.222. The summed E-state index contributed by atoms with van der Waals surface area (Å²) < 4.78 is 13.7. The van der Waals surface area contributed by atoms with E-state index < -0.39 is 17.8 Å². The van der Waals surface area contributed by atoms with Gasteiger partial charge in [0, 0.05) is 22.3 Å². The highest BCUT2D eigenvalue weighted by atomic mass is 35.5. The van der Waals surface area contributed by atoms with Crippen LogP contribution < -0.4 is 16.4 Å². The van der Waals surface area contributed by atoms with Crippen LogP contribution in [0.5, 0.6) is 0 Å². The Kier molecular flexibility index (Phi) is 6.58. The van der Waals surface area contributed by atoms with Crippen molar-refractivity contribution in [3.05, 3.63) is 63.4 Å². The van der Waals surface area contributed by atoms with Crippen molar-refractivity contribution in [1.82, 2.24) is 5.32 Å². The summed E-state index contributed by atoms with van der Waals surface area (Å²) >= 11 is 11.8. The molecule has 2 aromatic carbocycles. The highest BCUT2D eigenvalue weighted by Crippen LogP contribution is 2.28. The first-order chi connectivity index (χ1) is 12.2. The molecular weight excluding hydrogens is 380 g/mol. The van der Waals surface area contributed by atoms with E-state index >= 15 is 0 Å². The van der Waals surface area contributed by atoms with Crippen LogP contribution in [0.25, 0.3) is 0 Å². The number of nitrogens with two attached hydrogens (primary N) is 1. The summed E-state index contributed by atoms with van der Waals surface area (Å²) in [6, 6.07) is 7.82. The molecule has 0 aliphatic carbocycles. The Hall–Kier alpha value is -2.15. The molecule has 2 amide bonds. The molecule has 0 aliphatic heterocycles. The van der Waals surface area contributed by atoms with Crippen LogP contribution in [0.4, 0.5) is 10.1 Å². The van der Waals surface area contributed by atoms with E-state index in [9.17, 15) is 14.0 Å². The van der Waals surface area contributed by atoms with Crippen LogP contribution in [0.3, 0.4) is 0 Å². The molecule has 0 aromatic heterocycles. The molecule has 0 unspecified atom stereocenters. The van der Waals surface area contributed by atoms with Crippen molar-refractivity contribution in [3.8, 4) is 0 Å². The number of nitrogens with one attached hydrogen (secondary N) is 2. The van der Waals surface area contributed by atoms with Gasteiger partial charge in [0.05, 0.1) is 11.1 Å². The minimum Gasteiger partial charge on any atom is -0.366 e. The zero-order valence-electron chi connectivity index (χ0n) is 14.1. The zero-order valence-corrected chi connectivity index (χ0v) is 15.7. The predicted molar refractivity (Wildman–Crippen MR) is 101 cm³/mol. The number of amides is 2. The third-order valence-corrected chi connectivity index (χ3v) is 4.45. The quantitative estimate of drug-likeness (QED) is 0.645. The van der Waals surface area contributed by atoms with Crippen LogP contribution in [-0.2, 0) is 4.79 Å². The molecular formula is C18H18Cl2FN3O2. The number of hydrogen-bond donors (Lipinski definition) is 3. The number of anilines is 1. The monoisotopic (exact) mass is 397 g/mol. The molecule has 0 aliphatic rings. The van der Waals surface area contributed by atoms with Crippen molar-refractivity contribution < 1.29 is 14.0 Å². The maximum Gasteiger partial charge on any atom is 0.248 e. The Labute approximate surface area is 160 Å². The second kappa shape index (κ2) is 8.49. The molecule has 0 radical (unpaired) electrons. The summed E-state index contributed by atoms with van der Waals surface area (Å²) in [7, 11) is 0. The highest BCUT2D eigenvalue weighted by Gasteiger charge is 2.19. The maximum absolute atomic E-state index is 13.7. The number of rotatable bonds is 6. The summed E-state index contributed by atoms with van der Waals surface area (Å²) in [6.45, 7) is 3.43. The molecule has 0 spiro atoms. The van der Waals surface area contributed by atoms with E-state index in [0.717, 1.165) is 0 Å². The van der Waals surface area contributed by atoms with Gasteiger partial charge in [-0.15, -0.1) is 0 Å². The molecule has 0 fully saturated rings. The molecule has 0 saturated carbocycles. The molecule has 26 heavy (non-hydrogen) atoms. The van der Waals surface area contributed by atoms with Crippen LogP contribution in [-0.4, -0.2) is 17.9 Å². The third kappa shape index (κ3) is 4.94. The molecule has 2 atom stereocenters. The third-order valence-electron chi connectivity index (χ3n) is 3.84. The first kappa shape index (κ1) is 20.2. The van der Waals surface area contributed by atoms with Crippen LogP contribution in [0.1, 0.15) is 35.8 Å². The number of primary amides is 1. The number of halogens is 3. The smallest absolute Gasteiger partial charge is 0.248 e. The number of carbonyl (C=O) groups excluding carboxylic acids is 2. The highest BCUT2D eigenvalue weighted by molar-refractivity contribution is 6.35. The lowest BCUT2D eigenvalue weighted by molar-refractivity contribution is -0.117. The Morgan fingerprint density at radius 1 is 1.08 bits per heavy atom. The average molecular weight is 398 g/mol. The van der Waals surface area contributed by atoms with E-state index in [1.807, 2.05) is 0 Å². The van der Waals surface area contributed by atoms with Gasteiger partial charge in [0.25, 0.3) is 0 Å². The van der Waals surface area contributed by atoms with E-state index in [1.165, 1.54) is 24.3 Å². The van der Waals surface area contributed by atoms with E-state index in [2.05, 4.69) is 10.6 Å². The minimum atomic E-state index is -0.587. The van der Waals surface area contributed by atoms with Crippen molar-refractivity contribution in [2.24, 2.45) is 5.73 Å². The van der Waals surface area contributed by atoms with Crippen molar-refractivity contribution in [2.75, 3.05) is 5.32 Å². The molecule has 0 saturated heterocycles. The molecule has 2 rings (SSSR count). The van der Waals surface area contributed by atoms with Crippen molar-refractivity contribution in [3.63, 3.8) is 0 Å². The van der Waals surface area contributed by atoms with Crippen molar-refractivity contribution in [1.29, 1.82) is 0 Å². The lowest BCUT2D eigenvalue weighted by Gasteiger charge is -2.21. The topological polar surface area (TPSA) is 84.2 Å². The largest absolute Gasteiger partial charge is 0.366 e. The van der Waals surface area contributed by atoms with Crippen LogP contribution in [0.2, 0.25) is 10.0 Å². The van der Waals surface area contributed by atoms with Crippen LogP contribution in [0, 0.1) is 5.82 Å². The van der Waals surface area contributed by atoms with Gasteiger partial charge in [-0.2, -0.15) is 0 Å². The van der Waals surface area contributed by atoms with Gasteiger partial charge in [-0.25, -0.2) is 4.39 Å². The Morgan fingerprint density at radius 2 is 1.69 bits per heavy atom. The normalized spacial score (nSPS) is 13.1. The zero-order chi connectivity index (χ0) is 19.4. The molecule has 5 nitrogen and oxygen atoms in total. The lowest BCUT2D eigenvalue weighted by Crippen LogP contribution is -2.39. The second-order valence-electron chi connectivity index (χ2n) is 5.83. The van der Waals surface area contributed by atoms with E-state index in [1.54, 1.807) is 26.0 Å². The van der Waals surface area contributed by atoms with E-state index in [4.69, 9.17) is 28.9 Å². The molecule has 0 bridgehead atoms. The summed E-state index contributed by atoms with van der Waals surface area (Å²) in [5.41, 5.74) is 6.55. The van der Waals surface area contributed by atoms with Crippen LogP contribution >= 0.6 is 23.2 Å². The van der Waals surface area contributed by atoms with Gasteiger partial charge in [-0.1, -0.05) is 23.2 Å². The SMILES string of the molecule is C[C@H](N[C@@H](C)c1cc(F)c(Cl)cc1Cl)C(=O)Nc1ccc(C(N)=O)cc1. The summed E-state index contributed by atoms with van der Waals surface area (Å²) in [5, 5.41) is 6.02. The van der Waals surface area contributed by atoms with Gasteiger partial charge in [-0.05, 0) is 55.8 Å². The summed E-state index contributed by atoms with van der Waals surface area (Å²) in [6.07, 6.45) is 0. The first-order valence-electron chi connectivity index (χ1n) is 7.80. The lowest BCUT2D eigenvalue weighted by atomic mass is 10.1. The van der Waals surface area contributed by atoms with Gasteiger partial charge in [0.15, 0.2) is 0 Å². The molecule has 0 heterocycles. The van der Waals surface area contributed by atoms with Gasteiger partial charge in [-0.3, -0.25) is 14.9 Å². The Bertz CT molecular complexity index is 828. The average Bonchev–Trinajstić information content (AvgIpc) is 2.58. The Balaban J connectivity index is 2.02. The fourth-order valence-corrected chi connectivity index (χ4v) is 2.93. The van der Waals surface area contributed by atoms with E-state index in [0.29, 0.717) is 21.8 Å². The standard InChI is InChI=1S/C18H18Cl2FN3O2/c1-9(13-7-16(21)15(20)8-14(13)19)23-10(2)18(26)24-12-5-3-11(4-6-12)17(22)25/h3-10,23H,1-2H3,(H2,22,25)(H,24,26)/t9-,10-/m0/s1. The maximum atomic E-state index is 13.7. The van der Waals surface area contributed by atoms with Gasteiger partial charge < -0.3 is 11.1 Å².